The molecule has 0 aliphatic carbocycles. The molecule has 0 saturated heterocycles. The summed E-state index contributed by atoms with van der Waals surface area (Å²) < 4.78 is 0. The first-order valence-corrected chi connectivity index (χ1v) is 4.11. The van der Waals surface area contributed by atoms with Crippen molar-refractivity contribution in [3.8, 4) is 0 Å². The molecule has 1 aromatic rings. The molecular weight excluding hydrogens is 168 g/mol. The van der Waals surface area contributed by atoms with Crippen molar-refractivity contribution in [2.75, 3.05) is 17.6 Å². The molecule has 0 fully saturated rings. The van der Waals surface area contributed by atoms with Gasteiger partial charge >= 0.3 is 0 Å². The van der Waals surface area contributed by atoms with Crippen LogP contribution in [0.4, 0.5) is 11.6 Å². The molecule has 0 radical (unpaired) electrons. The van der Waals surface area contributed by atoms with Crippen LogP contribution in [0.15, 0.2) is 6.07 Å². The van der Waals surface area contributed by atoms with Crippen molar-refractivity contribution in [1.82, 2.24) is 9.97 Å². The Balaban J connectivity index is 2.66. The number of nitrogens with two attached hydrogens (primary N) is 1. The maximum Gasteiger partial charge on any atom is 0.131 e. The van der Waals surface area contributed by atoms with Crippen LogP contribution in [0.5, 0.6) is 0 Å². The Bertz CT molecular complexity index is 267. The third-order valence-corrected chi connectivity index (χ3v) is 1.44. The van der Waals surface area contributed by atoms with Crippen molar-refractivity contribution >= 4 is 11.6 Å². The van der Waals surface area contributed by atoms with Gasteiger partial charge in [0.15, 0.2) is 0 Å². The molecule has 4 N–H and O–H groups in total. The predicted molar refractivity (Wildman–Crippen MR) is 51.4 cm³/mol. The minimum absolute atomic E-state index is 0.406. The highest BCUT2D eigenvalue weighted by Gasteiger charge is 1.99. The zero-order chi connectivity index (χ0) is 9.84. The Morgan fingerprint density at radius 3 is 2.85 bits per heavy atom. The monoisotopic (exact) mass is 182 g/mol. The maximum absolute atomic E-state index is 9.02. The molecule has 0 amide bonds. The number of nitrogens with zero attached hydrogens (tertiary/aromatic N) is 2. The van der Waals surface area contributed by atoms with Crippen LogP contribution in [0.1, 0.15) is 12.7 Å². The Kier molecular flexibility index (Phi) is 3.02. The molecule has 72 valence electrons. The second-order valence-electron chi connectivity index (χ2n) is 2.96. The van der Waals surface area contributed by atoms with Gasteiger partial charge < -0.3 is 16.2 Å². The zero-order valence-electron chi connectivity index (χ0n) is 7.78. The molecule has 1 heterocycles. The standard InChI is InChI=1S/C8H14N4O/c1-5(13)4-10-8-3-7(9)11-6(2)12-8/h3,5,13H,4H2,1-2H3,(H3,9,10,11,12). The van der Waals surface area contributed by atoms with Gasteiger partial charge in [-0.25, -0.2) is 9.97 Å². The van der Waals surface area contributed by atoms with Gasteiger partial charge in [0, 0.05) is 12.6 Å². The largest absolute Gasteiger partial charge is 0.392 e. The predicted octanol–water partition coefficient (Wildman–Crippen LogP) is 0.160. The number of nitrogen functional groups attached to an aromatic ring is 1. The summed E-state index contributed by atoms with van der Waals surface area (Å²) in [5.41, 5.74) is 5.51. The molecule has 0 aliphatic rings. The van der Waals surface area contributed by atoms with Gasteiger partial charge in [-0.3, -0.25) is 0 Å². The summed E-state index contributed by atoms with van der Waals surface area (Å²) in [6.45, 7) is 3.92. The van der Waals surface area contributed by atoms with E-state index in [1.807, 2.05) is 0 Å². The van der Waals surface area contributed by atoms with Gasteiger partial charge in [0.05, 0.1) is 6.10 Å². The number of aliphatic hydroxyl groups excluding tert-OH is 1. The Morgan fingerprint density at radius 2 is 2.31 bits per heavy atom. The van der Waals surface area contributed by atoms with E-state index in [2.05, 4.69) is 15.3 Å². The molecule has 1 rings (SSSR count). The summed E-state index contributed by atoms with van der Waals surface area (Å²) in [5, 5.41) is 12.0. The van der Waals surface area contributed by atoms with Crippen LogP contribution in [-0.4, -0.2) is 27.7 Å². The first-order valence-electron chi connectivity index (χ1n) is 4.11. The van der Waals surface area contributed by atoms with Crippen molar-refractivity contribution < 1.29 is 5.11 Å². The van der Waals surface area contributed by atoms with E-state index in [9.17, 15) is 0 Å². The number of rotatable bonds is 3. The minimum atomic E-state index is -0.406. The number of aryl methyl sites for hydroxylation is 1. The second kappa shape index (κ2) is 4.04. The van der Waals surface area contributed by atoms with Gasteiger partial charge in [-0.2, -0.15) is 0 Å². The quantitative estimate of drug-likeness (QED) is 0.620. The first kappa shape index (κ1) is 9.73. The van der Waals surface area contributed by atoms with Crippen LogP contribution in [-0.2, 0) is 0 Å². The second-order valence-corrected chi connectivity index (χ2v) is 2.96. The number of nitrogens with one attached hydrogen (secondary N) is 1. The summed E-state index contributed by atoms with van der Waals surface area (Å²) in [4.78, 5) is 8.02. The normalized spacial score (nSPS) is 12.5. The van der Waals surface area contributed by atoms with Crippen molar-refractivity contribution in [2.45, 2.75) is 20.0 Å². The van der Waals surface area contributed by atoms with Gasteiger partial charge in [-0.05, 0) is 13.8 Å². The van der Waals surface area contributed by atoms with E-state index in [4.69, 9.17) is 10.8 Å². The number of aromatic nitrogens is 2. The van der Waals surface area contributed by atoms with Crippen LogP contribution in [0.25, 0.3) is 0 Å². The molecule has 1 aromatic heterocycles. The number of hydrogen-bond donors (Lipinski definition) is 3. The fourth-order valence-electron chi connectivity index (χ4n) is 0.934. The lowest BCUT2D eigenvalue weighted by atomic mass is 10.4. The zero-order valence-corrected chi connectivity index (χ0v) is 7.78. The summed E-state index contributed by atoms with van der Waals surface area (Å²) in [6.07, 6.45) is -0.406. The van der Waals surface area contributed by atoms with Crippen LogP contribution < -0.4 is 11.1 Å². The summed E-state index contributed by atoms with van der Waals surface area (Å²) in [7, 11) is 0. The highest BCUT2D eigenvalue weighted by molar-refractivity contribution is 5.44. The average molecular weight is 182 g/mol. The number of anilines is 2. The Morgan fingerprint density at radius 1 is 1.62 bits per heavy atom. The lowest BCUT2D eigenvalue weighted by Gasteiger charge is -2.08. The fourth-order valence-corrected chi connectivity index (χ4v) is 0.934. The highest BCUT2D eigenvalue weighted by Crippen LogP contribution is 2.07. The molecular formula is C8H14N4O. The van der Waals surface area contributed by atoms with E-state index < -0.39 is 6.10 Å². The van der Waals surface area contributed by atoms with Crippen molar-refractivity contribution in [3.63, 3.8) is 0 Å². The van der Waals surface area contributed by atoms with Crippen LogP contribution in [0, 0.1) is 6.92 Å². The third-order valence-electron chi connectivity index (χ3n) is 1.44. The van der Waals surface area contributed by atoms with Crippen molar-refractivity contribution in [3.05, 3.63) is 11.9 Å². The summed E-state index contributed by atoms with van der Waals surface area (Å²) >= 11 is 0. The molecule has 0 bridgehead atoms. The van der Waals surface area contributed by atoms with E-state index in [1.54, 1.807) is 19.9 Å². The van der Waals surface area contributed by atoms with Gasteiger partial charge in [-0.15, -0.1) is 0 Å². The number of hydrogen-bond acceptors (Lipinski definition) is 5. The van der Waals surface area contributed by atoms with Crippen LogP contribution in [0.3, 0.4) is 0 Å². The van der Waals surface area contributed by atoms with E-state index in [0.29, 0.717) is 24.0 Å². The SMILES string of the molecule is Cc1nc(N)cc(NCC(C)O)n1. The fraction of sp³-hybridized carbons (Fsp3) is 0.500. The highest BCUT2D eigenvalue weighted by atomic mass is 16.3. The van der Waals surface area contributed by atoms with Crippen LogP contribution in [0.2, 0.25) is 0 Å². The topological polar surface area (TPSA) is 84.1 Å². The third kappa shape index (κ3) is 3.25. The van der Waals surface area contributed by atoms with E-state index in [-0.39, 0.29) is 0 Å². The van der Waals surface area contributed by atoms with Crippen molar-refractivity contribution in [2.24, 2.45) is 0 Å². The van der Waals surface area contributed by atoms with E-state index >= 15 is 0 Å². The minimum Gasteiger partial charge on any atom is -0.392 e. The molecule has 5 heteroatoms. The van der Waals surface area contributed by atoms with E-state index in [1.165, 1.54) is 0 Å². The molecule has 1 atom stereocenters. The molecule has 0 saturated carbocycles. The van der Waals surface area contributed by atoms with Gasteiger partial charge in [0.2, 0.25) is 0 Å². The first-order chi connectivity index (χ1) is 6.08. The molecule has 0 aromatic carbocycles. The molecule has 13 heavy (non-hydrogen) atoms. The average Bonchev–Trinajstić information content (AvgIpc) is 1.99. The van der Waals surface area contributed by atoms with Gasteiger partial charge in [0.25, 0.3) is 0 Å². The molecule has 0 spiro atoms. The molecule has 0 aliphatic heterocycles. The molecule has 5 nitrogen and oxygen atoms in total. The van der Waals surface area contributed by atoms with Gasteiger partial charge in [-0.1, -0.05) is 0 Å². The lowest BCUT2D eigenvalue weighted by Crippen LogP contribution is -2.16. The maximum atomic E-state index is 9.02. The number of aliphatic hydroxyl groups is 1. The Hall–Kier alpha value is -1.36. The van der Waals surface area contributed by atoms with Crippen molar-refractivity contribution in [1.29, 1.82) is 0 Å². The summed E-state index contributed by atoms with van der Waals surface area (Å²) in [6, 6.07) is 1.63. The van der Waals surface area contributed by atoms with Crippen LogP contribution >= 0.6 is 0 Å². The van der Waals surface area contributed by atoms with Gasteiger partial charge in [0.1, 0.15) is 17.5 Å². The smallest absolute Gasteiger partial charge is 0.131 e. The molecule has 1 unspecified atom stereocenters. The summed E-state index contributed by atoms with van der Waals surface area (Å²) in [5.74, 6) is 1.69. The van der Waals surface area contributed by atoms with E-state index in [0.717, 1.165) is 0 Å². The Labute approximate surface area is 77.0 Å². The lowest BCUT2D eigenvalue weighted by molar-refractivity contribution is 0.208.